The normalized spacial score (nSPS) is 19.4. The standard InChI is InChI=1S/C14H17N3O4S/c1-22(19,20)17-5-6-21-13(10-17)9-16-14(18)12-4-2-3-11(7-12)8-15/h2-4,7,13H,5-6,9-10H2,1H3,(H,16,18)/t13-/m0/s1. The lowest BCUT2D eigenvalue weighted by Gasteiger charge is -2.31. The van der Waals surface area contributed by atoms with E-state index in [0.29, 0.717) is 24.3 Å². The average Bonchev–Trinajstić information content (AvgIpc) is 2.52. The maximum Gasteiger partial charge on any atom is 0.251 e. The highest BCUT2D eigenvalue weighted by atomic mass is 32.2. The first kappa shape index (κ1) is 16.4. The number of ether oxygens (including phenoxy) is 1. The quantitative estimate of drug-likeness (QED) is 0.837. The van der Waals surface area contributed by atoms with E-state index in [0.717, 1.165) is 6.26 Å². The highest BCUT2D eigenvalue weighted by Gasteiger charge is 2.26. The number of nitrogens with zero attached hydrogens (tertiary/aromatic N) is 2. The Kier molecular flexibility index (Phi) is 5.13. The zero-order valence-electron chi connectivity index (χ0n) is 12.2. The van der Waals surface area contributed by atoms with Crippen LogP contribution in [0, 0.1) is 11.3 Å². The topological polar surface area (TPSA) is 99.5 Å². The van der Waals surface area contributed by atoms with E-state index in [2.05, 4.69) is 5.32 Å². The number of carbonyl (C=O) groups excluding carboxylic acids is 1. The van der Waals surface area contributed by atoms with E-state index in [1.807, 2.05) is 6.07 Å². The molecule has 1 amide bonds. The number of nitriles is 1. The van der Waals surface area contributed by atoms with Gasteiger partial charge in [-0.15, -0.1) is 0 Å². The molecule has 0 aromatic heterocycles. The summed E-state index contributed by atoms with van der Waals surface area (Å²) in [6, 6.07) is 8.33. The SMILES string of the molecule is CS(=O)(=O)N1CCO[C@@H](CNC(=O)c2cccc(C#N)c2)C1. The van der Waals surface area contributed by atoms with Gasteiger partial charge in [-0.2, -0.15) is 9.57 Å². The van der Waals surface area contributed by atoms with Crippen LogP contribution in [0.4, 0.5) is 0 Å². The van der Waals surface area contributed by atoms with Gasteiger partial charge in [0.25, 0.3) is 5.91 Å². The summed E-state index contributed by atoms with van der Waals surface area (Å²) >= 11 is 0. The van der Waals surface area contributed by atoms with Crippen molar-refractivity contribution in [2.75, 3.05) is 32.5 Å². The van der Waals surface area contributed by atoms with Crippen molar-refractivity contribution in [1.29, 1.82) is 5.26 Å². The van der Waals surface area contributed by atoms with Crippen LogP contribution in [0.1, 0.15) is 15.9 Å². The van der Waals surface area contributed by atoms with Crippen molar-refractivity contribution in [2.24, 2.45) is 0 Å². The smallest absolute Gasteiger partial charge is 0.251 e. The van der Waals surface area contributed by atoms with Gasteiger partial charge < -0.3 is 10.1 Å². The molecule has 1 fully saturated rings. The second kappa shape index (κ2) is 6.87. The molecule has 0 saturated carbocycles. The van der Waals surface area contributed by atoms with E-state index in [9.17, 15) is 13.2 Å². The first-order valence-corrected chi connectivity index (χ1v) is 8.60. The van der Waals surface area contributed by atoms with Gasteiger partial charge in [0.05, 0.1) is 30.6 Å². The largest absolute Gasteiger partial charge is 0.374 e. The summed E-state index contributed by atoms with van der Waals surface area (Å²) in [5.74, 6) is -0.322. The van der Waals surface area contributed by atoms with E-state index in [1.165, 1.54) is 10.4 Å². The van der Waals surface area contributed by atoms with Gasteiger partial charge in [-0.3, -0.25) is 4.79 Å². The maximum atomic E-state index is 12.0. The zero-order valence-corrected chi connectivity index (χ0v) is 13.0. The van der Waals surface area contributed by atoms with Gasteiger partial charge in [-0.25, -0.2) is 8.42 Å². The summed E-state index contributed by atoms with van der Waals surface area (Å²) in [6.45, 7) is 1.06. The molecule has 7 nitrogen and oxygen atoms in total. The minimum atomic E-state index is -3.25. The van der Waals surface area contributed by atoms with Gasteiger partial charge in [0.1, 0.15) is 0 Å². The lowest BCUT2D eigenvalue weighted by atomic mass is 10.1. The molecule has 1 aliphatic heterocycles. The second-order valence-electron chi connectivity index (χ2n) is 5.02. The van der Waals surface area contributed by atoms with Crippen LogP contribution < -0.4 is 5.32 Å². The number of rotatable bonds is 4. The van der Waals surface area contributed by atoms with Gasteiger partial charge in [0.2, 0.25) is 10.0 Å². The summed E-state index contributed by atoms with van der Waals surface area (Å²) in [5.41, 5.74) is 0.791. The number of amides is 1. The molecule has 1 aromatic rings. The fraction of sp³-hybridized carbons (Fsp3) is 0.429. The molecule has 1 aromatic carbocycles. The summed E-state index contributed by atoms with van der Waals surface area (Å²) < 4.78 is 29.8. The Hall–Kier alpha value is -1.95. The number of benzene rings is 1. The Bertz CT molecular complexity index is 696. The number of hydrogen-bond donors (Lipinski definition) is 1. The Morgan fingerprint density at radius 3 is 3.00 bits per heavy atom. The lowest BCUT2D eigenvalue weighted by molar-refractivity contribution is 0.000438. The Morgan fingerprint density at radius 2 is 2.32 bits per heavy atom. The molecule has 1 heterocycles. The molecular weight excluding hydrogens is 306 g/mol. The lowest BCUT2D eigenvalue weighted by Crippen LogP contribution is -2.49. The molecule has 1 atom stereocenters. The Labute approximate surface area is 129 Å². The fourth-order valence-corrected chi connectivity index (χ4v) is 3.00. The van der Waals surface area contributed by atoms with Gasteiger partial charge in [-0.05, 0) is 18.2 Å². The van der Waals surface area contributed by atoms with Gasteiger partial charge in [0.15, 0.2) is 0 Å². The van der Waals surface area contributed by atoms with Gasteiger partial charge in [-0.1, -0.05) is 6.07 Å². The van der Waals surface area contributed by atoms with Crippen LogP contribution in [-0.2, 0) is 14.8 Å². The monoisotopic (exact) mass is 323 g/mol. The molecule has 1 N–H and O–H groups in total. The van der Waals surface area contributed by atoms with Crippen molar-refractivity contribution in [3.05, 3.63) is 35.4 Å². The molecule has 0 unspecified atom stereocenters. The van der Waals surface area contributed by atoms with Crippen LogP contribution in [0.15, 0.2) is 24.3 Å². The number of nitrogens with one attached hydrogen (secondary N) is 1. The molecule has 0 spiro atoms. The third-order valence-corrected chi connectivity index (χ3v) is 4.58. The van der Waals surface area contributed by atoms with E-state index in [4.69, 9.17) is 10.00 Å². The second-order valence-corrected chi connectivity index (χ2v) is 7.00. The number of sulfonamides is 1. The predicted molar refractivity (Wildman–Crippen MR) is 79.6 cm³/mol. The van der Waals surface area contributed by atoms with Crippen molar-refractivity contribution < 1.29 is 17.9 Å². The van der Waals surface area contributed by atoms with Gasteiger partial charge >= 0.3 is 0 Å². The molecule has 118 valence electrons. The summed E-state index contributed by atoms with van der Waals surface area (Å²) in [5, 5.41) is 11.5. The van der Waals surface area contributed by atoms with Crippen LogP contribution in [0.5, 0.6) is 0 Å². The van der Waals surface area contributed by atoms with E-state index < -0.39 is 10.0 Å². The number of carbonyl (C=O) groups is 1. The molecule has 1 aliphatic rings. The molecule has 22 heavy (non-hydrogen) atoms. The Balaban J connectivity index is 1.92. The third kappa shape index (κ3) is 4.27. The third-order valence-electron chi connectivity index (χ3n) is 3.31. The first-order chi connectivity index (χ1) is 10.4. The van der Waals surface area contributed by atoms with Crippen LogP contribution in [0.2, 0.25) is 0 Å². The van der Waals surface area contributed by atoms with Crippen LogP contribution in [-0.4, -0.2) is 57.2 Å². The fourth-order valence-electron chi connectivity index (χ4n) is 2.16. The van der Waals surface area contributed by atoms with Crippen molar-refractivity contribution in [3.63, 3.8) is 0 Å². The molecule has 0 radical (unpaired) electrons. The van der Waals surface area contributed by atoms with Gasteiger partial charge in [0, 0.05) is 25.2 Å². The number of hydrogen-bond acceptors (Lipinski definition) is 5. The summed E-state index contributed by atoms with van der Waals surface area (Å²) in [6.07, 6.45) is 0.771. The molecule has 2 rings (SSSR count). The number of morpholine rings is 1. The first-order valence-electron chi connectivity index (χ1n) is 6.75. The van der Waals surface area contributed by atoms with E-state index in [-0.39, 0.29) is 25.1 Å². The zero-order chi connectivity index (χ0) is 16.2. The van der Waals surface area contributed by atoms with Crippen LogP contribution in [0.3, 0.4) is 0 Å². The molecule has 0 bridgehead atoms. The molecule has 8 heteroatoms. The highest BCUT2D eigenvalue weighted by molar-refractivity contribution is 7.88. The van der Waals surface area contributed by atoms with Crippen LogP contribution in [0.25, 0.3) is 0 Å². The van der Waals surface area contributed by atoms with Crippen molar-refractivity contribution in [2.45, 2.75) is 6.10 Å². The maximum absolute atomic E-state index is 12.0. The molecular formula is C14H17N3O4S. The van der Waals surface area contributed by atoms with Crippen LogP contribution >= 0.6 is 0 Å². The Morgan fingerprint density at radius 1 is 1.55 bits per heavy atom. The highest BCUT2D eigenvalue weighted by Crippen LogP contribution is 2.09. The molecule has 1 saturated heterocycles. The minimum absolute atomic E-state index is 0.210. The average molecular weight is 323 g/mol. The predicted octanol–water partition coefficient (Wildman–Crippen LogP) is -0.0515. The van der Waals surface area contributed by atoms with E-state index >= 15 is 0 Å². The van der Waals surface area contributed by atoms with Crippen molar-refractivity contribution in [1.82, 2.24) is 9.62 Å². The summed E-state index contributed by atoms with van der Waals surface area (Å²) in [7, 11) is -3.25. The molecule has 0 aliphatic carbocycles. The summed E-state index contributed by atoms with van der Waals surface area (Å²) in [4.78, 5) is 12.0. The van der Waals surface area contributed by atoms with Crippen molar-refractivity contribution >= 4 is 15.9 Å². The van der Waals surface area contributed by atoms with Crippen molar-refractivity contribution in [3.8, 4) is 6.07 Å². The minimum Gasteiger partial charge on any atom is -0.374 e. The van der Waals surface area contributed by atoms with E-state index in [1.54, 1.807) is 18.2 Å².